The van der Waals surface area contributed by atoms with Gasteiger partial charge in [0.2, 0.25) is 5.91 Å². The van der Waals surface area contributed by atoms with E-state index in [9.17, 15) is 9.18 Å². The minimum atomic E-state index is -0.917. The first kappa shape index (κ1) is 33.3. The van der Waals surface area contributed by atoms with Crippen LogP contribution in [0.1, 0.15) is 37.2 Å². The number of hydrogen-bond donors (Lipinski definition) is 0. The molecule has 6 heterocycles. The molecule has 2 aromatic carbocycles. The maximum Gasteiger partial charge on any atom is 0.319 e. The first-order chi connectivity index (χ1) is 24.7. The molecule has 3 saturated heterocycles. The number of fused-ring (bicyclic) bond motifs is 3. The first-order valence-electron chi connectivity index (χ1n) is 17.2. The molecule has 0 bridgehead atoms. The lowest BCUT2D eigenvalue weighted by atomic mass is 9.95. The molecule has 8 rings (SSSR count). The van der Waals surface area contributed by atoms with E-state index in [0.29, 0.717) is 71.2 Å². The van der Waals surface area contributed by atoms with Crippen molar-refractivity contribution in [3.63, 3.8) is 0 Å². The van der Waals surface area contributed by atoms with E-state index in [-0.39, 0.29) is 35.8 Å². The summed E-state index contributed by atoms with van der Waals surface area (Å²) in [6, 6.07) is 12.7. The van der Waals surface area contributed by atoms with Crippen LogP contribution >= 0.6 is 11.6 Å². The van der Waals surface area contributed by atoms with Crippen LogP contribution < -0.4 is 9.64 Å². The fourth-order valence-corrected chi connectivity index (χ4v) is 8.23. The smallest absolute Gasteiger partial charge is 0.319 e. The molecular weight excluding hydrogens is 674 g/mol. The van der Waals surface area contributed by atoms with E-state index in [0.717, 1.165) is 24.8 Å². The molecule has 51 heavy (non-hydrogen) atoms. The average molecular weight is 711 g/mol. The minimum absolute atomic E-state index is 0.00823. The average Bonchev–Trinajstić information content (AvgIpc) is 3.84. The molecule has 3 aromatic heterocycles. The van der Waals surface area contributed by atoms with Crippen LogP contribution in [0.5, 0.6) is 6.01 Å². The number of pyridine rings is 1. The molecule has 0 radical (unpaired) electrons. The van der Waals surface area contributed by atoms with Gasteiger partial charge in [-0.2, -0.15) is 9.97 Å². The summed E-state index contributed by atoms with van der Waals surface area (Å²) in [6.07, 6.45) is 8.37. The van der Waals surface area contributed by atoms with Crippen LogP contribution in [0.15, 0.2) is 60.9 Å². The molecule has 3 aliphatic heterocycles. The van der Waals surface area contributed by atoms with Gasteiger partial charge in [-0.1, -0.05) is 41.9 Å². The Hall–Kier alpha value is -4.81. The molecule has 0 spiro atoms. The summed E-state index contributed by atoms with van der Waals surface area (Å²) in [5, 5.41) is 2.45. The number of aryl methyl sites for hydroxylation is 1. The molecular formula is C38H37ClF2N8O2. The molecule has 0 saturated carbocycles. The summed E-state index contributed by atoms with van der Waals surface area (Å²) >= 11 is 6.62. The number of carbonyl (C=O) groups is 1. The van der Waals surface area contributed by atoms with E-state index in [1.54, 1.807) is 48.5 Å². The lowest BCUT2D eigenvalue weighted by Crippen LogP contribution is -2.43. The second kappa shape index (κ2) is 13.4. The SMILES string of the molecule is Cc1nccc(/C=C/C(=O)N2CC[C@@H](N(C)c3nc(OC[C@@]45CCCN4C[C@H](F)C5)nc4c(F)c(-c5cccc6cccc(Cl)c56)ncc34)C2)n1. The largest absolute Gasteiger partial charge is 0.461 e. The van der Waals surface area contributed by atoms with Crippen LogP contribution in [0.25, 0.3) is 39.0 Å². The molecule has 10 nitrogen and oxygen atoms in total. The monoisotopic (exact) mass is 710 g/mol. The normalized spacial score (nSPS) is 22.0. The summed E-state index contributed by atoms with van der Waals surface area (Å²) in [5.74, 6) is 0.307. The quantitative estimate of drug-likeness (QED) is 0.169. The highest BCUT2D eigenvalue weighted by molar-refractivity contribution is 6.36. The third-order valence-electron chi connectivity index (χ3n) is 10.5. The van der Waals surface area contributed by atoms with Crippen LogP contribution in [0.4, 0.5) is 14.6 Å². The number of ether oxygens (including phenoxy) is 1. The van der Waals surface area contributed by atoms with Crippen LogP contribution in [0.2, 0.25) is 5.02 Å². The van der Waals surface area contributed by atoms with Gasteiger partial charge >= 0.3 is 6.01 Å². The highest BCUT2D eigenvalue weighted by atomic mass is 35.5. The van der Waals surface area contributed by atoms with E-state index in [1.165, 1.54) is 6.08 Å². The number of anilines is 1. The first-order valence-corrected chi connectivity index (χ1v) is 17.6. The molecule has 3 fully saturated rings. The van der Waals surface area contributed by atoms with Gasteiger partial charge in [0.25, 0.3) is 0 Å². The van der Waals surface area contributed by atoms with Crippen molar-refractivity contribution in [1.29, 1.82) is 0 Å². The second-order valence-corrected chi connectivity index (χ2v) is 14.1. The van der Waals surface area contributed by atoms with E-state index in [2.05, 4.69) is 24.8 Å². The van der Waals surface area contributed by atoms with Gasteiger partial charge in [0.05, 0.1) is 16.6 Å². The van der Waals surface area contributed by atoms with Crippen molar-refractivity contribution in [2.24, 2.45) is 0 Å². The van der Waals surface area contributed by atoms with Crippen molar-refractivity contribution in [2.75, 3.05) is 44.7 Å². The van der Waals surface area contributed by atoms with E-state index in [1.807, 2.05) is 36.2 Å². The number of likely N-dealkylation sites (tertiary alicyclic amines) is 1. The number of amides is 1. The Labute approximate surface area is 299 Å². The second-order valence-electron chi connectivity index (χ2n) is 13.7. The van der Waals surface area contributed by atoms with Gasteiger partial charge in [0.15, 0.2) is 5.82 Å². The fraction of sp³-hybridized carbons (Fsp3) is 0.368. The number of nitrogens with zero attached hydrogens (tertiary/aromatic N) is 8. The van der Waals surface area contributed by atoms with Crippen LogP contribution in [0.3, 0.4) is 0 Å². The van der Waals surface area contributed by atoms with Crippen LogP contribution in [-0.2, 0) is 4.79 Å². The van der Waals surface area contributed by atoms with Gasteiger partial charge in [0.1, 0.15) is 35.6 Å². The summed E-state index contributed by atoms with van der Waals surface area (Å²) in [7, 11) is 1.88. The van der Waals surface area contributed by atoms with E-state index in [4.69, 9.17) is 21.3 Å². The van der Waals surface area contributed by atoms with Gasteiger partial charge in [-0.3, -0.25) is 14.7 Å². The van der Waals surface area contributed by atoms with Gasteiger partial charge in [-0.25, -0.2) is 18.7 Å². The van der Waals surface area contributed by atoms with Gasteiger partial charge in [-0.15, -0.1) is 0 Å². The minimum Gasteiger partial charge on any atom is -0.461 e. The molecule has 13 heteroatoms. The molecule has 0 aliphatic carbocycles. The van der Waals surface area contributed by atoms with Crippen molar-refractivity contribution in [3.05, 3.63) is 83.3 Å². The van der Waals surface area contributed by atoms with Crippen molar-refractivity contribution in [2.45, 2.75) is 50.4 Å². The topological polar surface area (TPSA) is 100 Å². The molecule has 0 N–H and O–H groups in total. The van der Waals surface area contributed by atoms with E-state index >= 15 is 4.39 Å². The van der Waals surface area contributed by atoms with Crippen LogP contribution in [-0.4, -0.2) is 98.2 Å². The number of benzene rings is 2. The maximum atomic E-state index is 16.8. The molecule has 0 unspecified atom stereocenters. The maximum absolute atomic E-state index is 16.8. The number of hydrogen-bond acceptors (Lipinski definition) is 9. The van der Waals surface area contributed by atoms with Crippen molar-refractivity contribution in [3.8, 4) is 17.3 Å². The van der Waals surface area contributed by atoms with Crippen LogP contribution in [0, 0.1) is 12.7 Å². The summed E-state index contributed by atoms with van der Waals surface area (Å²) in [5.41, 5.74) is 0.933. The zero-order valence-electron chi connectivity index (χ0n) is 28.4. The predicted octanol–water partition coefficient (Wildman–Crippen LogP) is 6.44. The summed E-state index contributed by atoms with van der Waals surface area (Å²) in [6.45, 7) is 4.17. The Morgan fingerprint density at radius 2 is 1.96 bits per heavy atom. The molecule has 3 aliphatic rings. The number of alkyl halides is 1. The molecule has 3 atom stereocenters. The Morgan fingerprint density at radius 3 is 2.80 bits per heavy atom. The lowest BCUT2D eigenvalue weighted by molar-refractivity contribution is -0.124. The zero-order chi connectivity index (χ0) is 35.3. The number of carbonyl (C=O) groups excluding carboxylic acids is 1. The zero-order valence-corrected chi connectivity index (χ0v) is 29.2. The number of aromatic nitrogens is 5. The summed E-state index contributed by atoms with van der Waals surface area (Å²) < 4.78 is 37.7. The molecule has 1 amide bonds. The Morgan fingerprint density at radius 1 is 1.12 bits per heavy atom. The molecule has 262 valence electrons. The van der Waals surface area contributed by atoms with Crippen molar-refractivity contribution < 1.29 is 18.3 Å². The predicted molar refractivity (Wildman–Crippen MR) is 193 cm³/mol. The Kier molecular flexibility index (Phi) is 8.75. The summed E-state index contributed by atoms with van der Waals surface area (Å²) in [4.78, 5) is 41.5. The van der Waals surface area contributed by atoms with Gasteiger partial charge < -0.3 is 14.5 Å². The van der Waals surface area contributed by atoms with Gasteiger partial charge in [-0.05, 0) is 56.3 Å². The number of rotatable bonds is 8. The standard InChI is InChI=1S/C38H37ClF2N8O2/c1-23-42-15-12-26(44-23)10-11-31(50)48-17-13-27(21-48)47(2)36-29-19-43-34(28-8-3-6-24-7-4-9-30(39)32(24)28)33(41)35(29)45-37(46-36)51-22-38-14-5-16-49(38)20-25(40)18-38/h3-4,6-12,15,19,25,27H,5,13-14,16-18,20-22H2,1-2H3/b11-10+/t25-,27-,38+/m1/s1. The third-order valence-corrected chi connectivity index (χ3v) is 10.8. The number of likely N-dealkylation sites (N-methyl/N-ethyl adjacent to an activating group) is 1. The van der Waals surface area contributed by atoms with Crippen molar-refractivity contribution in [1.82, 2.24) is 34.7 Å². The van der Waals surface area contributed by atoms with Crippen molar-refractivity contribution >= 4 is 51.1 Å². The van der Waals surface area contributed by atoms with Gasteiger partial charge in [0, 0.05) is 73.6 Å². The fourth-order valence-electron chi connectivity index (χ4n) is 7.94. The lowest BCUT2D eigenvalue weighted by Gasteiger charge is -2.31. The highest BCUT2D eigenvalue weighted by Gasteiger charge is 2.49. The Bertz CT molecular complexity index is 2180. The number of halogens is 3. The van der Waals surface area contributed by atoms with E-state index < -0.39 is 17.5 Å². The Balaban J connectivity index is 1.14. The molecule has 5 aromatic rings. The highest BCUT2D eigenvalue weighted by Crippen LogP contribution is 2.41. The third kappa shape index (κ3) is 6.24.